The van der Waals surface area contributed by atoms with Crippen LogP contribution in [0.25, 0.3) is 0 Å². The number of amides is 1. The molecule has 2 aromatic rings. The fourth-order valence-electron chi connectivity index (χ4n) is 2.22. The van der Waals surface area contributed by atoms with Crippen LogP contribution in [-0.2, 0) is 16.0 Å². The minimum absolute atomic E-state index is 0.119. The van der Waals surface area contributed by atoms with Crippen molar-refractivity contribution in [3.63, 3.8) is 0 Å². The summed E-state index contributed by atoms with van der Waals surface area (Å²) < 4.78 is 9.86. The monoisotopic (exact) mass is 313 g/mol. The molecule has 2 aromatic carbocycles. The number of nitrogens with zero attached hydrogens (tertiary/aromatic N) is 1. The Morgan fingerprint density at radius 3 is 2.26 bits per heavy atom. The molecule has 1 amide bonds. The van der Waals surface area contributed by atoms with E-state index >= 15 is 0 Å². The Kier molecular flexibility index (Phi) is 5.36. The van der Waals surface area contributed by atoms with Gasteiger partial charge in [0.25, 0.3) is 0 Å². The molecule has 0 saturated heterocycles. The average molecular weight is 313 g/mol. The second-order valence-corrected chi connectivity index (χ2v) is 4.99. The van der Waals surface area contributed by atoms with Crippen LogP contribution in [0.2, 0.25) is 0 Å². The topological polar surface area (TPSA) is 55.8 Å². The normalized spacial score (nSPS) is 10.0. The third-order valence-electron chi connectivity index (χ3n) is 3.56. The van der Waals surface area contributed by atoms with Crippen molar-refractivity contribution in [1.82, 2.24) is 0 Å². The summed E-state index contributed by atoms with van der Waals surface area (Å²) in [7, 11) is 4.56. The lowest BCUT2D eigenvalue weighted by Gasteiger charge is -2.20. The highest BCUT2D eigenvalue weighted by Crippen LogP contribution is 2.21. The van der Waals surface area contributed by atoms with Crippen LogP contribution in [0.15, 0.2) is 48.5 Å². The van der Waals surface area contributed by atoms with Gasteiger partial charge in [0.05, 0.1) is 31.9 Å². The fraction of sp³-hybridized carbons (Fsp3) is 0.222. The van der Waals surface area contributed by atoms with Crippen LogP contribution in [0, 0.1) is 0 Å². The summed E-state index contributed by atoms with van der Waals surface area (Å²) in [4.78, 5) is 25.8. The molecule has 0 aliphatic rings. The number of ether oxygens (including phenoxy) is 2. The van der Waals surface area contributed by atoms with E-state index in [0.29, 0.717) is 11.3 Å². The molecule has 0 aliphatic heterocycles. The summed E-state index contributed by atoms with van der Waals surface area (Å²) in [5.41, 5.74) is 1.76. The SMILES string of the molecule is COC(=O)c1ccccc1N(C)C(=O)Cc1ccc(OC)cc1. The highest BCUT2D eigenvalue weighted by molar-refractivity contribution is 6.02. The van der Waals surface area contributed by atoms with Crippen LogP contribution in [0.3, 0.4) is 0 Å². The summed E-state index contributed by atoms with van der Waals surface area (Å²) in [5, 5.41) is 0. The minimum atomic E-state index is -0.468. The molecule has 0 atom stereocenters. The summed E-state index contributed by atoms with van der Waals surface area (Å²) in [6.07, 6.45) is 0.232. The predicted molar refractivity (Wildman–Crippen MR) is 87.9 cm³/mol. The van der Waals surface area contributed by atoms with Gasteiger partial charge >= 0.3 is 5.97 Å². The van der Waals surface area contributed by atoms with Crippen molar-refractivity contribution in [2.24, 2.45) is 0 Å². The molecule has 0 unspecified atom stereocenters. The summed E-state index contributed by atoms with van der Waals surface area (Å²) >= 11 is 0. The number of hydrogen-bond donors (Lipinski definition) is 0. The van der Waals surface area contributed by atoms with Gasteiger partial charge in [-0.1, -0.05) is 24.3 Å². The minimum Gasteiger partial charge on any atom is -0.497 e. The van der Waals surface area contributed by atoms with Crippen molar-refractivity contribution in [3.8, 4) is 5.75 Å². The molecule has 5 nitrogen and oxygen atoms in total. The number of methoxy groups -OCH3 is 2. The first-order valence-corrected chi connectivity index (χ1v) is 7.13. The Morgan fingerprint density at radius 2 is 1.65 bits per heavy atom. The molecule has 0 radical (unpaired) electrons. The molecule has 0 spiro atoms. The van der Waals surface area contributed by atoms with E-state index in [2.05, 4.69) is 0 Å². The van der Waals surface area contributed by atoms with Crippen molar-refractivity contribution in [1.29, 1.82) is 0 Å². The highest BCUT2D eigenvalue weighted by Gasteiger charge is 2.18. The van der Waals surface area contributed by atoms with Gasteiger partial charge in [0.1, 0.15) is 5.75 Å². The third-order valence-corrected chi connectivity index (χ3v) is 3.56. The van der Waals surface area contributed by atoms with Crippen molar-refractivity contribution < 1.29 is 19.1 Å². The van der Waals surface area contributed by atoms with Gasteiger partial charge < -0.3 is 14.4 Å². The van der Waals surface area contributed by atoms with E-state index in [1.165, 1.54) is 12.0 Å². The second-order valence-electron chi connectivity index (χ2n) is 4.99. The van der Waals surface area contributed by atoms with E-state index < -0.39 is 5.97 Å². The maximum absolute atomic E-state index is 12.5. The molecule has 0 aliphatic carbocycles. The van der Waals surface area contributed by atoms with Crippen LogP contribution in [0.4, 0.5) is 5.69 Å². The van der Waals surface area contributed by atoms with Crippen LogP contribution in [-0.4, -0.2) is 33.1 Å². The Labute approximate surface area is 135 Å². The van der Waals surface area contributed by atoms with E-state index in [9.17, 15) is 9.59 Å². The highest BCUT2D eigenvalue weighted by atomic mass is 16.5. The fourth-order valence-corrected chi connectivity index (χ4v) is 2.22. The molecule has 0 aromatic heterocycles. The van der Waals surface area contributed by atoms with E-state index in [1.54, 1.807) is 38.4 Å². The maximum atomic E-state index is 12.5. The van der Waals surface area contributed by atoms with Gasteiger partial charge in [0.15, 0.2) is 0 Å². The Morgan fingerprint density at radius 1 is 1.00 bits per heavy atom. The summed E-state index contributed by atoms with van der Waals surface area (Å²) in [6, 6.07) is 14.2. The molecule has 0 heterocycles. The molecular weight excluding hydrogens is 294 g/mol. The van der Waals surface area contributed by atoms with Gasteiger partial charge in [-0.25, -0.2) is 4.79 Å². The van der Waals surface area contributed by atoms with Crippen LogP contribution < -0.4 is 9.64 Å². The predicted octanol–water partition coefficient (Wildman–Crippen LogP) is 2.69. The van der Waals surface area contributed by atoms with Crippen LogP contribution >= 0.6 is 0 Å². The lowest BCUT2D eigenvalue weighted by molar-refractivity contribution is -0.117. The van der Waals surface area contributed by atoms with Crippen molar-refractivity contribution in [3.05, 3.63) is 59.7 Å². The first kappa shape index (κ1) is 16.5. The van der Waals surface area contributed by atoms with Gasteiger partial charge in [-0.3, -0.25) is 4.79 Å². The molecule has 5 heteroatoms. The van der Waals surface area contributed by atoms with Gasteiger partial charge in [-0.2, -0.15) is 0 Å². The maximum Gasteiger partial charge on any atom is 0.339 e. The average Bonchev–Trinajstić information content (AvgIpc) is 2.61. The lowest BCUT2D eigenvalue weighted by atomic mass is 10.1. The number of likely N-dealkylation sites (N-methyl/N-ethyl adjacent to an activating group) is 1. The Hall–Kier alpha value is -2.82. The number of rotatable bonds is 5. The summed E-state index contributed by atoms with van der Waals surface area (Å²) in [5.74, 6) is 0.154. The Balaban J connectivity index is 2.17. The van der Waals surface area contributed by atoms with Crippen LogP contribution in [0.1, 0.15) is 15.9 Å². The molecule has 0 bridgehead atoms. The van der Waals surface area contributed by atoms with E-state index in [-0.39, 0.29) is 12.3 Å². The second kappa shape index (κ2) is 7.45. The van der Waals surface area contributed by atoms with Gasteiger partial charge in [-0.05, 0) is 29.8 Å². The molecule has 23 heavy (non-hydrogen) atoms. The number of esters is 1. The Bertz CT molecular complexity index is 694. The van der Waals surface area contributed by atoms with Crippen LogP contribution in [0.5, 0.6) is 5.75 Å². The zero-order valence-electron chi connectivity index (χ0n) is 13.4. The van der Waals surface area contributed by atoms with Crippen molar-refractivity contribution >= 4 is 17.6 Å². The first-order chi connectivity index (χ1) is 11.1. The zero-order chi connectivity index (χ0) is 16.8. The number of para-hydroxylation sites is 1. The first-order valence-electron chi connectivity index (χ1n) is 7.13. The number of carbonyl (C=O) groups excluding carboxylic acids is 2. The number of benzene rings is 2. The van der Waals surface area contributed by atoms with Crippen molar-refractivity contribution in [2.75, 3.05) is 26.2 Å². The standard InChI is InChI=1S/C18H19NO4/c1-19(16-7-5-4-6-15(16)18(21)23-3)17(20)12-13-8-10-14(22-2)11-9-13/h4-11H,12H2,1-3H3. The zero-order valence-corrected chi connectivity index (χ0v) is 13.4. The van der Waals surface area contributed by atoms with E-state index in [0.717, 1.165) is 11.3 Å². The molecule has 2 rings (SSSR count). The molecular formula is C18H19NO4. The third kappa shape index (κ3) is 3.88. The van der Waals surface area contributed by atoms with Gasteiger partial charge in [0, 0.05) is 7.05 Å². The quantitative estimate of drug-likeness (QED) is 0.796. The smallest absolute Gasteiger partial charge is 0.339 e. The largest absolute Gasteiger partial charge is 0.497 e. The van der Waals surface area contributed by atoms with E-state index in [4.69, 9.17) is 9.47 Å². The van der Waals surface area contributed by atoms with Gasteiger partial charge in [-0.15, -0.1) is 0 Å². The number of carbonyl (C=O) groups is 2. The summed E-state index contributed by atoms with van der Waals surface area (Å²) in [6.45, 7) is 0. The lowest BCUT2D eigenvalue weighted by Crippen LogP contribution is -2.29. The number of hydrogen-bond acceptors (Lipinski definition) is 4. The molecule has 120 valence electrons. The van der Waals surface area contributed by atoms with Crippen molar-refractivity contribution in [2.45, 2.75) is 6.42 Å². The molecule has 0 N–H and O–H groups in total. The molecule has 0 saturated carbocycles. The number of anilines is 1. The van der Waals surface area contributed by atoms with Gasteiger partial charge in [0.2, 0.25) is 5.91 Å². The van der Waals surface area contributed by atoms with E-state index in [1.807, 2.05) is 24.3 Å². The molecule has 0 fully saturated rings.